The first-order valence-electron chi connectivity index (χ1n) is 5.76. The molecule has 0 heterocycles. The predicted molar refractivity (Wildman–Crippen MR) is 74.7 cm³/mol. The van der Waals surface area contributed by atoms with Gasteiger partial charge in [-0.25, -0.2) is 0 Å². The third-order valence-electron chi connectivity index (χ3n) is 2.71. The topological polar surface area (TPSA) is 87.2 Å². The summed E-state index contributed by atoms with van der Waals surface area (Å²) in [6, 6.07) is 14.3. The van der Waals surface area contributed by atoms with Gasteiger partial charge in [0.05, 0.1) is 16.6 Å². The summed E-state index contributed by atoms with van der Waals surface area (Å²) in [6.07, 6.45) is 1.65. The van der Waals surface area contributed by atoms with Crippen molar-refractivity contribution in [1.82, 2.24) is 0 Å². The Bertz CT molecular complexity index is 695. The zero-order valence-corrected chi connectivity index (χ0v) is 10.4. The minimum atomic E-state index is -0.487. The average Bonchev–Trinajstić information content (AvgIpc) is 2.47. The van der Waals surface area contributed by atoms with Crippen molar-refractivity contribution in [2.24, 2.45) is 0 Å². The molecule has 2 rings (SSSR count). The van der Waals surface area contributed by atoms with Gasteiger partial charge < -0.3 is 5.11 Å². The number of nitriles is 1. The average molecular weight is 266 g/mol. The van der Waals surface area contributed by atoms with Gasteiger partial charge in [-0.2, -0.15) is 5.26 Å². The van der Waals surface area contributed by atoms with E-state index in [-0.39, 0.29) is 11.4 Å². The van der Waals surface area contributed by atoms with Crippen LogP contribution in [-0.2, 0) is 0 Å². The number of non-ortho nitro benzene ring substituents is 1. The van der Waals surface area contributed by atoms with Crippen LogP contribution in [0.15, 0.2) is 48.5 Å². The number of phenolic OH excluding ortho intramolecular Hbond substituents is 1. The molecule has 0 atom stereocenters. The number of hydrogen-bond donors (Lipinski definition) is 1. The van der Waals surface area contributed by atoms with Gasteiger partial charge in [-0.05, 0) is 41.5 Å². The molecule has 0 aliphatic carbocycles. The summed E-state index contributed by atoms with van der Waals surface area (Å²) >= 11 is 0. The van der Waals surface area contributed by atoms with E-state index in [4.69, 9.17) is 0 Å². The van der Waals surface area contributed by atoms with Crippen molar-refractivity contribution in [1.29, 1.82) is 5.26 Å². The van der Waals surface area contributed by atoms with Gasteiger partial charge in [0.25, 0.3) is 5.69 Å². The number of nitrogens with zero attached hydrogens (tertiary/aromatic N) is 2. The zero-order chi connectivity index (χ0) is 14.5. The van der Waals surface area contributed by atoms with E-state index in [2.05, 4.69) is 6.07 Å². The van der Waals surface area contributed by atoms with Crippen molar-refractivity contribution >= 4 is 17.3 Å². The maximum Gasteiger partial charge on any atom is 0.269 e. The Morgan fingerprint density at radius 2 is 1.75 bits per heavy atom. The molecule has 0 aliphatic heterocycles. The number of allylic oxidation sites excluding steroid dienone is 1. The van der Waals surface area contributed by atoms with E-state index in [1.807, 2.05) is 0 Å². The van der Waals surface area contributed by atoms with Gasteiger partial charge in [-0.15, -0.1) is 0 Å². The second-order valence-corrected chi connectivity index (χ2v) is 4.07. The summed E-state index contributed by atoms with van der Waals surface area (Å²) in [6.45, 7) is 0. The number of phenols is 1. The highest BCUT2D eigenvalue weighted by atomic mass is 16.6. The first kappa shape index (κ1) is 13.3. The van der Waals surface area contributed by atoms with Crippen molar-refractivity contribution in [3.63, 3.8) is 0 Å². The third-order valence-corrected chi connectivity index (χ3v) is 2.71. The van der Waals surface area contributed by atoms with Crippen molar-refractivity contribution in [3.05, 3.63) is 69.8 Å². The van der Waals surface area contributed by atoms with Crippen LogP contribution in [0.25, 0.3) is 11.6 Å². The standard InChI is InChI=1S/C15H10N2O3/c16-10-13(9-11-1-7-15(18)8-2-11)12-3-5-14(6-4-12)17(19)20/h1-9,18H. The fourth-order valence-corrected chi connectivity index (χ4v) is 1.68. The van der Waals surface area contributed by atoms with E-state index in [0.717, 1.165) is 5.56 Å². The molecule has 5 heteroatoms. The van der Waals surface area contributed by atoms with Gasteiger partial charge in [-0.1, -0.05) is 12.1 Å². The molecule has 0 aromatic heterocycles. The lowest BCUT2D eigenvalue weighted by Crippen LogP contribution is -1.88. The first-order valence-corrected chi connectivity index (χ1v) is 5.76. The smallest absolute Gasteiger partial charge is 0.269 e. The van der Waals surface area contributed by atoms with Crippen molar-refractivity contribution < 1.29 is 10.0 Å². The fraction of sp³-hybridized carbons (Fsp3) is 0. The Balaban J connectivity index is 2.35. The minimum absolute atomic E-state index is 0.0179. The van der Waals surface area contributed by atoms with Crippen LogP contribution in [-0.4, -0.2) is 10.0 Å². The fourth-order valence-electron chi connectivity index (χ4n) is 1.68. The zero-order valence-electron chi connectivity index (χ0n) is 10.4. The molecule has 20 heavy (non-hydrogen) atoms. The second-order valence-electron chi connectivity index (χ2n) is 4.07. The van der Waals surface area contributed by atoms with E-state index in [1.54, 1.807) is 18.2 Å². The summed E-state index contributed by atoms with van der Waals surface area (Å²) in [5, 5.41) is 28.9. The van der Waals surface area contributed by atoms with E-state index in [9.17, 15) is 20.5 Å². The summed E-state index contributed by atoms with van der Waals surface area (Å²) in [5.74, 6) is 0.149. The Morgan fingerprint density at radius 3 is 2.25 bits per heavy atom. The molecule has 0 spiro atoms. The lowest BCUT2D eigenvalue weighted by atomic mass is 10.0. The number of nitro groups is 1. The maximum atomic E-state index is 10.6. The van der Waals surface area contributed by atoms with E-state index in [1.165, 1.54) is 36.4 Å². The van der Waals surface area contributed by atoms with Gasteiger partial charge >= 0.3 is 0 Å². The van der Waals surface area contributed by atoms with Gasteiger partial charge in [0, 0.05) is 12.1 Å². The van der Waals surface area contributed by atoms with Crippen molar-refractivity contribution in [2.45, 2.75) is 0 Å². The van der Waals surface area contributed by atoms with Crippen LogP contribution < -0.4 is 0 Å². The molecule has 0 amide bonds. The molecular weight excluding hydrogens is 256 g/mol. The van der Waals surface area contributed by atoms with Crippen LogP contribution in [0.1, 0.15) is 11.1 Å². The highest BCUT2D eigenvalue weighted by Crippen LogP contribution is 2.21. The third kappa shape index (κ3) is 3.00. The molecule has 2 aromatic carbocycles. The van der Waals surface area contributed by atoms with Crippen LogP contribution in [0.3, 0.4) is 0 Å². The number of aromatic hydroxyl groups is 1. The van der Waals surface area contributed by atoms with Gasteiger partial charge in [0.2, 0.25) is 0 Å². The predicted octanol–water partition coefficient (Wildman–Crippen LogP) is 3.36. The highest BCUT2D eigenvalue weighted by Gasteiger charge is 2.06. The Labute approximate surface area is 115 Å². The second kappa shape index (κ2) is 5.67. The Kier molecular flexibility index (Phi) is 3.77. The van der Waals surface area contributed by atoms with Crippen LogP contribution >= 0.6 is 0 Å². The largest absolute Gasteiger partial charge is 0.508 e. The molecule has 98 valence electrons. The SMILES string of the molecule is N#CC(=Cc1ccc(O)cc1)c1ccc([N+](=O)[O-])cc1. The summed E-state index contributed by atoms with van der Waals surface area (Å²) in [7, 11) is 0. The Morgan fingerprint density at radius 1 is 1.15 bits per heavy atom. The molecule has 0 radical (unpaired) electrons. The molecule has 5 nitrogen and oxygen atoms in total. The van der Waals surface area contributed by atoms with E-state index in [0.29, 0.717) is 11.1 Å². The molecule has 2 aromatic rings. The number of benzene rings is 2. The maximum absolute atomic E-state index is 10.6. The van der Waals surface area contributed by atoms with Crippen molar-refractivity contribution in [2.75, 3.05) is 0 Å². The minimum Gasteiger partial charge on any atom is -0.508 e. The molecule has 0 unspecified atom stereocenters. The van der Waals surface area contributed by atoms with E-state index < -0.39 is 4.92 Å². The summed E-state index contributed by atoms with van der Waals surface area (Å²) in [4.78, 5) is 10.1. The molecular formula is C15H10N2O3. The molecule has 0 aliphatic rings. The van der Waals surface area contributed by atoms with Crippen LogP contribution in [0.2, 0.25) is 0 Å². The lowest BCUT2D eigenvalue weighted by molar-refractivity contribution is -0.384. The van der Waals surface area contributed by atoms with Gasteiger partial charge in [-0.3, -0.25) is 10.1 Å². The number of nitro benzene ring substituents is 1. The number of rotatable bonds is 3. The monoisotopic (exact) mass is 266 g/mol. The normalized spacial score (nSPS) is 10.8. The summed E-state index contributed by atoms with van der Waals surface area (Å²) in [5.41, 5.74) is 1.74. The first-order chi connectivity index (χ1) is 9.60. The highest BCUT2D eigenvalue weighted by molar-refractivity contribution is 5.89. The molecule has 0 saturated heterocycles. The van der Waals surface area contributed by atoms with Gasteiger partial charge in [0.1, 0.15) is 5.75 Å². The van der Waals surface area contributed by atoms with Gasteiger partial charge in [0.15, 0.2) is 0 Å². The molecule has 0 saturated carbocycles. The van der Waals surface area contributed by atoms with Crippen molar-refractivity contribution in [3.8, 4) is 11.8 Å². The lowest BCUT2D eigenvalue weighted by Gasteiger charge is -2.00. The molecule has 0 bridgehead atoms. The summed E-state index contributed by atoms with van der Waals surface area (Å²) < 4.78 is 0. The van der Waals surface area contributed by atoms with E-state index >= 15 is 0 Å². The number of hydrogen-bond acceptors (Lipinski definition) is 4. The van der Waals surface area contributed by atoms with Crippen LogP contribution in [0.5, 0.6) is 5.75 Å². The molecule has 1 N–H and O–H groups in total. The van der Waals surface area contributed by atoms with Crippen LogP contribution in [0.4, 0.5) is 5.69 Å². The molecule has 0 fully saturated rings. The Hall–Kier alpha value is -3.13. The quantitative estimate of drug-likeness (QED) is 0.399. The van der Waals surface area contributed by atoms with Crippen LogP contribution in [0, 0.1) is 21.4 Å².